The van der Waals surface area contributed by atoms with Gasteiger partial charge in [-0.05, 0) is 82.4 Å². The van der Waals surface area contributed by atoms with Crippen molar-refractivity contribution in [3.63, 3.8) is 0 Å². The topological polar surface area (TPSA) is 61.4 Å². The predicted molar refractivity (Wildman–Crippen MR) is 106 cm³/mol. The van der Waals surface area contributed by atoms with E-state index in [1.807, 2.05) is 46.1 Å². The van der Waals surface area contributed by atoms with Crippen molar-refractivity contribution in [1.82, 2.24) is 10.2 Å². The molecule has 26 heavy (non-hydrogen) atoms. The first-order valence-corrected chi connectivity index (χ1v) is 8.78. The van der Waals surface area contributed by atoms with Crippen molar-refractivity contribution in [3.05, 3.63) is 64.7 Å². The van der Waals surface area contributed by atoms with Gasteiger partial charge in [-0.1, -0.05) is 12.1 Å². The molecule has 0 aromatic heterocycles. The maximum atomic E-state index is 12.5. The molecule has 0 aliphatic carbocycles. The minimum Gasteiger partial charge on any atom is -0.352 e. The number of hydrogen-bond donors (Lipinski definition) is 2. The third-order valence-electron chi connectivity index (χ3n) is 4.22. The molecule has 0 aliphatic rings. The number of hydrogen-bond acceptors (Lipinski definition) is 3. The second kappa shape index (κ2) is 9.15. The number of carbonyl (C=O) groups is 2. The molecule has 0 radical (unpaired) electrons. The molecule has 0 atom stereocenters. The van der Waals surface area contributed by atoms with Crippen LogP contribution in [0.5, 0.6) is 0 Å². The molecule has 0 unspecified atom stereocenters. The maximum absolute atomic E-state index is 12.5. The fourth-order valence-electron chi connectivity index (χ4n) is 2.52. The highest BCUT2D eigenvalue weighted by Crippen LogP contribution is 2.15. The van der Waals surface area contributed by atoms with Gasteiger partial charge in [-0.3, -0.25) is 9.59 Å². The quantitative estimate of drug-likeness (QED) is 0.751. The number of benzene rings is 2. The van der Waals surface area contributed by atoms with Gasteiger partial charge in [0.15, 0.2) is 0 Å². The highest BCUT2D eigenvalue weighted by Gasteiger charge is 2.11. The molecular weight excluding hydrogens is 326 g/mol. The number of nitrogens with one attached hydrogen (secondary N) is 2. The first-order chi connectivity index (χ1) is 12.4. The van der Waals surface area contributed by atoms with Crippen molar-refractivity contribution < 1.29 is 9.59 Å². The number of rotatable bonds is 7. The van der Waals surface area contributed by atoms with E-state index in [1.54, 1.807) is 24.3 Å². The van der Waals surface area contributed by atoms with Crippen LogP contribution in [0.15, 0.2) is 42.5 Å². The van der Waals surface area contributed by atoms with Crippen LogP contribution in [-0.2, 0) is 0 Å². The van der Waals surface area contributed by atoms with Crippen molar-refractivity contribution in [2.24, 2.45) is 0 Å². The summed E-state index contributed by atoms with van der Waals surface area (Å²) in [5, 5.41) is 5.77. The minimum atomic E-state index is -0.226. The van der Waals surface area contributed by atoms with Gasteiger partial charge in [-0.25, -0.2) is 0 Å². The molecule has 2 aromatic carbocycles. The second-order valence-corrected chi connectivity index (χ2v) is 6.75. The van der Waals surface area contributed by atoms with Gasteiger partial charge in [0.25, 0.3) is 11.8 Å². The minimum absolute atomic E-state index is 0.162. The molecule has 0 saturated heterocycles. The Balaban J connectivity index is 1.99. The van der Waals surface area contributed by atoms with Gasteiger partial charge in [0, 0.05) is 23.4 Å². The van der Waals surface area contributed by atoms with E-state index >= 15 is 0 Å². The molecule has 0 saturated carbocycles. The predicted octanol–water partition coefficient (Wildman–Crippen LogP) is 3.24. The highest BCUT2D eigenvalue weighted by molar-refractivity contribution is 6.06. The third kappa shape index (κ3) is 5.70. The Bertz CT molecular complexity index is 785. The summed E-state index contributed by atoms with van der Waals surface area (Å²) in [4.78, 5) is 26.8. The van der Waals surface area contributed by atoms with Crippen molar-refractivity contribution in [2.75, 3.05) is 32.5 Å². The van der Waals surface area contributed by atoms with Gasteiger partial charge in [0.2, 0.25) is 0 Å². The molecule has 2 rings (SSSR count). The molecule has 5 heteroatoms. The number of carbonyl (C=O) groups excluding carboxylic acids is 2. The maximum Gasteiger partial charge on any atom is 0.255 e. The lowest BCUT2D eigenvalue weighted by molar-refractivity contribution is 0.0952. The lowest BCUT2D eigenvalue weighted by Gasteiger charge is -2.11. The molecule has 2 amide bonds. The highest BCUT2D eigenvalue weighted by atomic mass is 16.2. The number of aryl methyl sites for hydroxylation is 2. The largest absolute Gasteiger partial charge is 0.352 e. The smallest absolute Gasteiger partial charge is 0.255 e. The van der Waals surface area contributed by atoms with Crippen molar-refractivity contribution in [3.8, 4) is 0 Å². The lowest BCUT2D eigenvalue weighted by atomic mass is 10.1. The molecular formula is C21H27N3O2. The van der Waals surface area contributed by atoms with Gasteiger partial charge in [0.05, 0.1) is 0 Å². The average molecular weight is 353 g/mol. The molecule has 138 valence electrons. The fourth-order valence-corrected chi connectivity index (χ4v) is 2.52. The van der Waals surface area contributed by atoms with Gasteiger partial charge < -0.3 is 15.5 Å². The van der Waals surface area contributed by atoms with E-state index in [1.165, 1.54) is 5.56 Å². The van der Waals surface area contributed by atoms with Crippen LogP contribution in [0.4, 0.5) is 5.69 Å². The summed E-state index contributed by atoms with van der Waals surface area (Å²) in [6, 6.07) is 12.6. The van der Waals surface area contributed by atoms with Crippen LogP contribution in [0.1, 0.15) is 38.3 Å². The van der Waals surface area contributed by atoms with Gasteiger partial charge >= 0.3 is 0 Å². The van der Waals surface area contributed by atoms with Crippen LogP contribution in [0.25, 0.3) is 0 Å². The zero-order chi connectivity index (χ0) is 19.1. The zero-order valence-electron chi connectivity index (χ0n) is 15.9. The monoisotopic (exact) mass is 353 g/mol. The summed E-state index contributed by atoms with van der Waals surface area (Å²) in [5.41, 5.74) is 3.99. The summed E-state index contributed by atoms with van der Waals surface area (Å²) in [6.07, 6.45) is 0.881. The van der Waals surface area contributed by atoms with E-state index < -0.39 is 0 Å². The lowest BCUT2D eigenvalue weighted by Crippen LogP contribution is -2.27. The molecule has 0 bridgehead atoms. The van der Waals surface area contributed by atoms with Crippen LogP contribution in [0.3, 0.4) is 0 Å². The molecule has 0 spiro atoms. The second-order valence-electron chi connectivity index (χ2n) is 6.75. The molecule has 0 fully saturated rings. The Morgan fingerprint density at radius 3 is 2.27 bits per heavy atom. The van der Waals surface area contributed by atoms with Crippen molar-refractivity contribution >= 4 is 17.5 Å². The Morgan fingerprint density at radius 2 is 1.62 bits per heavy atom. The summed E-state index contributed by atoms with van der Waals surface area (Å²) in [7, 11) is 4.00. The number of anilines is 1. The van der Waals surface area contributed by atoms with E-state index in [-0.39, 0.29) is 11.8 Å². The Kier molecular flexibility index (Phi) is 6.92. The van der Waals surface area contributed by atoms with E-state index in [4.69, 9.17) is 0 Å². The van der Waals surface area contributed by atoms with Crippen molar-refractivity contribution in [2.45, 2.75) is 20.3 Å². The summed E-state index contributed by atoms with van der Waals surface area (Å²) < 4.78 is 0. The molecule has 2 N–H and O–H groups in total. The summed E-state index contributed by atoms with van der Waals surface area (Å²) >= 11 is 0. The third-order valence-corrected chi connectivity index (χ3v) is 4.22. The van der Waals surface area contributed by atoms with Crippen molar-refractivity contribution in [1.29, 1.82) is 0 Å². The van der Waals surface area contributed by atoms with Crippen LogP contribution < -0.4 is 10.6 Å². The first-order valence-electron chi connectivity index (χ1n) is 8.78. The van der Waals surface area contributed by atoms with E-state index in [2.05, 4.69) is 15.5 Å². The van der Waals surface area contributed by atoms with E-state index in [0.29, 0.717) is 17.7 Å². The molecule has 2 aromatic rings. The Labute approximate surface area is 155 Å². The Morgan fingerprint density at radius 1 is 0.923 bits per heavy atom. The van der Waals surface area contributed by atoms with Crippen LogP contribution in [-0.4, -0.2) is 43.9 Å². The van der Waals surface area contributed by atoms with Crippen LogP contribution in [0, 0.1) is 13.8 Å². The number of amides is 2. The summed E-state index contributed by atoms with van der Waals surface area (Å²) in [5.74, 6) is -0.389. The van der Waals surface area contributed by atoms with Crippen LogP contribution in [0.2, 0.25) is 0 Å². The first kappa shape index (κ1) is 19.7. The fraction of sp³-hybridized carbons (Fsp3) is 0.333. The van der Waals surface area contributed by atoms with Gasteiger partial charge in [0.1, 0.15) is 0 Å². The normalized spacial score (nSPS) is 10.7. The Hall–Kier alpha value is -2.66. The SMILES string of the molecule is Cc1ccc(NC(=O)c2cccc(C(=O)NCCCN(C)C)c2)cc1C. The standard InChI is InChI=1S/C21H27N3O2/c1-15-9-10-19(13-16(15)2)23-21(26)18-8-5-7-17(14-18)20(25)22-11-6-12-24(3)4/h5,7-10,13-14H,6,11-12H2,1-4H3,(H,22,25)(H,23,26). The number of nitrogens with zero attached hydrogens (tertiary/aromatic N) is 1. The molecule has 5 nitrogen and oxygen atoms in total. The van der Waals surface area contributed by atoms with Crippen LogP contribution >= 0.6 is 0 Å². The molecule has 0 heterocycles. The zero-order valence-corrected chi connectivity index (χ0v) is 15.9. The summed E-state index contributed by atoms with van der Waals surface area (Å²) in [6.45, 7) is 5.56. The van der Waals surface area contributed by atoms with Gasteiger partial charge in [-0.2, -0.15) is 0 Å². The van der Waals surface area contributed by atoms with Gasteiger partial charge in [-0.15, -0.1) is 0 Å². The average Bonchev–Trinajstić information content (AvgIpc) is 2.61. The molecule has 0 aliphatic heterocycles. The van der Waals surface area contributed by atoms with E-state index in [9.17, 15) is 9.59 Å². The van der Waals surface area contributed by atoms with E-state index in [0.717, 1.165) is 24.2 Å².